The zero-order valence-corrected chi connectivity index (χ0v) is 7.95. The van der Waals surface area contributed by atoms with Crippen molar-refractivity contribution >= 4 is 65.0 Å². The number of rotatable bonds is 0. The second kappa shape index (κ2) is 5.66. The molecule has 1 aliphatic heterocycles. The summed E-state index contributed by atoms with van der Waals surface area (Å²) in [6, 6.07) is 0. The molecule has 2 heteroatoms. The van der Waals surface area contributed by atoms with Gasteiger partial charge in [-0.05, 0) is 0 Å². The van der Waals surface area contributed by atoms with Crippen LogP contribution in [-0.4, -0.2) is 65.0 Å². The first kappa shape index (κ1) is 8.53. The van der Waals surface area contributed by atoms with E-state index in [1.54, 1.807) is 0 Å². The van der Waals surface area contributed by atoms with E-state index in [1.807, 2.05) is 0 Å². The summed E-state index contributed by atoms with van der Waals surface area (Å²) in [5, 5.41) is 0. The molecule has 0 nitrogen and oxygen atoms in total. The van der Waals surface area contributed by atoms with E-state index in [2.05, 4.69) is 25.4 Å². The van der Waals surface area contributed by atoms with Crippen molar-refractivity contribution in [2.45, 2.75) is 0 Å². The fraction of sp³-hybridized carbons (Fsp3) is 0. The molecule has 1 aliphatic rings. The molecular formula is C5H7CaTl. The van der Waals surface area contributed by atoms with Crippen LogP contribution in [-0.2, 0) is 0 Å². The quantitative estimate of drug-likeness (QED) is 0.537. The van der Waals surface area contributed by atoms with E-state index >= 15 is 0 Å². The molecule has 0 unspecified atom stereocenters. The molecule has 0 radical (unpaired) electrons. The van der Waals surface area contributed by atoms with Crippen molar-refractivity contribution in [3.8, 4) is 0 Å². The van der Waals surface area contributed by atoms with Crippen LogP contribution >= 0.6 is 0 Å². The minimum atomic E-state index is -0.380. The maximum absolute atomic E-state index is 2.33. The molecule has 0 bridgehead atoms. The molecule has 0 aliphatic carbocycles. The van der Waals surface area contributed by atoms with Gasteiger partial charge in [0.25, 0.3) is 0 Å². The molecule has 1 rings (SSSR count). The first-order valence-electron chi connectivity index (χ1n) is 2.00. The average Bonchev–Trinajstić information content (AvgIpc) is 1.72. The Kier molecular flexibility index (Phi) is 6.90. The topological polar surface area (TPSA) is 0 Å². The SMILES string of the molecule is C1=C[CH]=[Tl][CH]=C1.[CaH2]. The number of hydrogen-bond donors (Lipinski definition) is 0. The van der Waals surface area contributed by atoms with Gasteiger partial charge < -0.3 is 0 Å². The van der Waals surface area contributed by atoms with Crippen molar-refractivity contribution in [3.05, 3.63) is 21.9 Å². The summed E-state index contributed by atoms with van der Waals surface area (Å²) < 4.78 is 4.67. The Morgan fingerprint density at radius 3 is 2.00 bits per heavy atom. The monoisotopic (exact) mass is 312 g/mol. The van der Waals surface area contributed by atoms with Crippen LogP contribution in [0.3, 0.4) is 0 Å². The summed E-state index contributed by atoms with van der Waals surface area (Å²) in [6.45, 7) is 0. The summed E-state index contributed by atoms with van der Waals surface area (Å²) in [5.74, 6) is 0. The van der Waals surface area contributed by atoms with Crippen LogP contribution in [0.25, 0.3) is 0 Å². The Morgan fingerprint density at radius 1 is 1.00 bits per heavy atom. The van der Waals surface area contributed by atoms with Gasteiger partial charge in [-0.25, -0.2) is 0 Å². The van der Waals surface area contributed by atoms with E-state index < -0.39 is 0 Å². The predicted molar refractivity (Wildman–Crippen MR) is 38.6 cm³/mol. The standard InChI is InChI=1S/C5H5.Ca.Tl.2H/c1-3-5-4-2;;;;/h1-5H;;;;. The van der Waals surface area contributed by atoms with E-state index in [-0.39, 0.29) is 61.5 Å². The fourth-order valence-electron chi connectivity index (χ4n) is 0.385. The van der Waals surface area contributed by atoms with Gasteiger partial charge in [0.15, 0.2) is 0 Å². The summed E-state index contributed by atoms with van der Waals surface area (Å²) in [6.07, 6.45) is 6.38. The van der Waals surface area contributed by atoms with E-state index in [0.717, 1.165) is 0 Å². The van der Waals surface area contributed by atoms with Crippen molar-refractivity contribution < 1.29 is 0 Å². The molecule has 0 fully saturated rings. The maximum atomic E-state index is 2.33. The first-order valence-corrected chi connectivity index (χ1v) is 7.18. The molecule has 0 spiro atoms. The molecule has 0 amide bonds. The van der Waals surface area contributed by atoms with Gasteiger partial charge >= 0.3 is 86.9 Å². The molecular weight excluding hydrogens is 305 g/mol. The van der Waals surface area contributed by atoms with Crippen LogP contribution in [0.15, 0.2) is 21.9 Å². The van der Waals surface area contributed by atoms with Gasteiger partial charge in [0.05, 0.1) is 0 Å². The van der Waals surface area contributed by atoms with Crippen LogP contribution in [0.4, 0.5) is 0 Å². The van der Waals surface area contributed by atoms with Gasteiger partial charge in [-0.15, -0.1) is 0 Å². The first-order chi connectivity index (χ1) is 3.00. The summed E-state index contributed by atoms with van der Waals surface area (Å²) in [5.41, 5.74) is 0. The molecule has 0 saturated carbocycles. The summed E-state index contributed by atoms with van der Waals surface area (Å²) in [7, 11) is 0. The second-order valence-corrected chi connectivity index (χ2v) is 5.64. The third-order valence-electron chi connectivity index (χ3n) is 0.667. The number of hydrogen-bond acceptors (Lipinski definition) is 0. The Hall–Kier alpha value is 1.53. The van der Waals surface area contributed by atoms with Gasteiger partial charge in [-0.3, -0.25) is 0 Å². The normalized spacial score (nSPS) is 12.6. The van der Waals surface area contributed by atoms with Crippen molar-refractivity contribution in [3.63, 3.8) is 0 Å². The van der Waals surface area contributed by atoms with Crippen molar-refractivity contribution in [1.82, 2.24) is 0 Å². The Balaban J connectivity index is 0.000000360. The zero-order chi connectivity index (χ0) is 4.24. The second-order valence-electron chi connectivity index (χ2n) is 1.15. The Bertz CT molecular complexity index is 77.5. The molecule has 0 atom stereocenters. The number of allylic oxidation sites excluding steroid dienone is 3. The van der Waals surface area contributed by atoms with Gasteiger partial charge in [0.1, 0.15) is 0 Å². The van der Waals surface area contributed by atoms with Gasteiger partial charge in [-0.2, -0.15) is 0 Å². The summed E-state index contributed by atoms with van der Waals surface area (Å²) >= 11 is -0.380. The van der Waals surface area contributed by atoms with Crippen molar-refractivity contribution in [1.29, 1.82) is 0 Å². The molecule has 0 saturated heterocycles. The van der Waals surface area contributed by atoms with Crippen LogP contribution in [0.1, 0.15) is 0 Å². The third-order valence-corrected chi connectivity index (χ3v) is 4.12. The third kappa shape index (κ3) is 4.06. The predicted octanol–water partition coefficient (Wildman–Crippen LogP) is -0.340. The van der Waals surface area contributed by atoms with Crippen LogP contribution in [0, 0.1) is 0 Å². The van der Waals surface area contributed by atoms with Gasteiger partial charge in [-0.1, -0.05) is 0 Å². The van der Waals surface area contributed by atoms with E-state index in [9.17, 15) is 0 Å². The van der Waals surface area contributed by atoms with Gasteiger partial charge in [0.2, 0.25) is 0 Å². The molecule has 0 aromatic heterocycles. The molecule has 32 valence electrons. The molecule has 7 heavy (non-hydrogen) atoms. The molecule has 0 N–H and O–H groups in total. The molecule has 0 aromatic carbocycles. The molecule has 1 heterocycles. The van der Waals surface area contributed by atoms with E-state index in [0.29, 0.717) is 0 Å². The van der Waals surface area contributed by atoms with Crippen LogP contribution in [0.5, 0.6) is 0 Å². The summed E-state index contributed by atoms with van der Waals surface area (Å²) in [4.78, 5) is 0. The van der Waals surface area contributed by atoms with Crippen molar-refractivity contribution in [2.75, 3.05) is 0 Å². The van der Waals surface area contributed by atoms with Crippen molar-refractivity contribution in [2.24, 2.45) is 0 Å². The Labute approximate surface area is 85.4 Å². The minimum absolute atomic E-state index is 0. The van der Waals surface area contributed by atoms with Crippen LogP contribution < -0.4 is 0 Å². The van der Waals surface area contributed by atoms with E-state index in [1.165, 1.54) is 0 Å². The zero-order valence-electron chi connectivity index (χ0n) is 3.46. The fourth-order valence-corrected chi connectivity index (χ4v) is 2.88. The Morgan fingerprint density at radius 2 is 1.86 bits per heavy atom. The van der Waals surface area contributed by atoms with Gasteiger partial charge in [0, 0.05) is 0 Å². The average molecular weight is 312 g/mol. The van der Waals surface area contributed by atoms with E-state index in [4.69, 9.17) is 0 Å². The molecule has 0 aromatic rings. The van der Waals surface area contributed by atoms with Crippen LogP contribution in [0.2, 0.25) is 0 Å².